The Balaban J connectivity index is 2.12. The first-order valence-corrected chi connectivity index (χ1v) is 7.44. The first kappa shape index (κ1) is 14.6. The molecule has 3 rings (SSSR count). The molecule has 0 saturated heterocycles. The SMILES string of the molecule is COc1ccc(N(C)C)c(C2N(C)c3ccccc3N2C)c1. The quantitative estimate of drug-likeness (QED) is 0.865. The molecule has 0 aromatic heterocycles. The Hall–Kier alpha value is -2.36. The Kier molecular flexibility index (Phi) is 3.61. The van der Waals surface area contributed by atoms with Gasteiger partial charge in [-0.2, -0.15) is 0 Å². The molecule has 0 saturated carbocycles. The lowest BCUT2D eigenvalue weighted by Crippen LogP contribution is -2.32. The maximum Gasteiger partial charge on any atom is 0.130 e. The van der Waals surface area contributed by atoms with Crippen LogP contribution >= 0.6 is 0 Å². The monoisotopic (exact) mass is 297 g/mol. The minimum absolute atomic E-state index is 0.157. The van der Waals surface area contributed by atoms with Crippen LogP contribution in [0.1, 0.15) is 11.7 Å². The van der Waals surface area contributed by atoms with Crippen LogP contribution in [-0.2, 0) is 0 Å². The number of para-hydroxylation sites is 2. The molecule has 4 nitrogen and oxygen atoms in total. The minimum atomic E-state index is 0.157. The van der Waals surface area contributed by atoms with E-state index in [1.54, 1.807) is 7.11 Å². The molecule has 0 atom stereocenters. The van der Waals surface area contributed by atoms with Gasteiger partial charge in [0.1, 0.15) is 11.9 Å². The highest BCUT2D eigenvalue weighted by Crippen LogP contribution is 2.46. The summed E-state index contributed by atoms with van der Waals surface area (Å²) < 4.78 is 5.44. The van der Waals surface area contributed by atoms with Crippen LogP contribution in [0.15, 0.2) is 42.5 Å². The number of hydrogen-bond acceptors (Lipinski definition) is 4. The standard InChI is InChI=1S/C18H23N3O/c1-19(2)15-11-10-13(22-5)12-14(15)18-20(3)16-8-6-7-9-17(16)21(18)4/h6-12,18H,1-5H3. The molecule has 0 fully saturated rings. The number of fused-ring (bicyclic) bond motifs is 1. The molecule has 0 amide bonds. The van der Waals surface area contributed by atoms with Crippen molar-refractivity contribution >= 4 is 17.1 Å². The number of rotatable bonds is 3. The van der Waals surface area contributed by atoms with Crippen LogP contribution in [0.3, 0.4) is 0 Å². The van der Waals surface area contributed by atoms with Crippen LogP contribution in [-0.4, -0.2) is 35.3 Å². The van der Waals surface area contributed by atoms with Crippen molar-refractivity contribution in [1.82, 2.24) is 0 Å². The Morgan fingerprint density at radius 3 is 2.05 bits per heavy atom. The lowest BCUT2D eigenvalue weighted by Gasteiger charge is -2.31. The summed E-state index contributed by atoms with van der Waals surface area (Å²) in [6.07, 6.45) is 0.157. The third-order valence-electron chi connectivity index (χ3n) is 4.37. The third-order valence-corrected chi connectivity index (χ3v) is 4.37. The molecule has 0 N–H and O–H groups in total. The molecule has 22 heavy (non-hydrogen) atoms. The van der Waals surface area contributed by atoms with Gasteiger partial charge in [-0.1, -0.05) is 12.1 Å². The van der Waals surface area contributed by atoms with Crippen molar-refractivity contribution in [3.63, 3.8) is 0 Å². The Morgan fingerprint density at radius 2 is 1.55 bits per heavy atom. The molecular formula is C18H23N3O. The van der Waals surface area contributed by atoms with Crippen molar-refractivity contribution in [2.75, 3.05) is 50.0 Å². The van der Waals surface area contributed by atoms with Gasteiger partial charge in [-0.3, -0.25) is 0 Å². The average Bonchev–Trinajstić information content (AvgIpc) is 2.78. The van der Waals surface area contributed by atoms with Crippen molar-refractivity contribution < 1.29 is 4.74 Å². The maximum atomic E-state index is 5.44. The van der Waals surface area contributed by atoms with Crippen LogP contribution < -0.4 is 19.4 Å². The summed E-state index contributed by atoms with van der Waals surface area (Å²) in [5.41, 5.74) is 4.95. The molecule has 0 spiro atoms. The van der Waals surface area contributed by atoms with E-state index in [0.717, 1.165) is 5.75 Å². The van der Waals surface area contributed by atoms with Crippen molar-refractivity contribution in [2.45, 2.75) is 6.17 Å². The van der Waals surface area contributed by atoms with Crippen LogP contribution in [0.25, 0.3) is 0 Å². The van der Waals surface area contributed by atoms with Gasteiger partial charge in [-0.05, 0) is 30.3 Å². The third kappa shape index (κ3) is 2.15. The normalized spacial score (nSPS) is 14.2. The fourth-order valence-corrected chi connectivity index (χ4v) is 3.27. The Labute approximate surface area is 132 Å². The van der Waals surface area contributed by atoms with Gasteiger partial charge in [0.15, 0.2) is 0 Å². The fraction of sp³-hybridized carbons (Fsp3) is 0.333. The van der Waals surface area contributed by atoms with Gasteiger partial charge in [0, 0.05) is 39.4 Å². The van der Waals surface area contributed by atoms with E-state index in [0.29, 0.717) is 0 Å². The molecule has 0 aliphatic carbocycles. The number of hydrogen-bond donors (Lipinski definition) is 0. The van der Waals surface area contributed by atoms with E-state index in [-0.39, 0.29) is 6.17 Å². The molecule has 116 valence electrons. The summed E-state index contributed by atoms with van der Waals surface area (Å²) in [6.45, 7) is 0. The number of nitrogens with zero attached hydrogens (tertiary/aromatic N) is 3. The lowest BCUT2D eigenvalue weighted by molar-refractivity contribution is 0.414. The molecule has 0 unspecified atom stereocenters. The van der Waals surface area contributed by atoms with E-state index in [2.05, 4.69) is 79.3 Å². The molecule has 0 bridgehead atoms. The van der Waals surface area contributed by atoms with Crippen LogP contribution in [0.4, 0.5) is 17.1 Å². The second-order valence-corrected chi connectivity index (χ2v) is 5.90. The van der Waals surface area contributed by atoms with Crippen molar-refractivity contribution in [2.24, 2.45) is 0 Å². The van der Waals surface area contributed by atoms with E-state index in [4.69, 9.17) is 4.74 Å². The van der Waals surface area contributed by atoms with Crippen LogP contribution in [0, 0.1) is 0 Å². The van der Waals surface area contributed by atoms with Gasteiger partial charge in [0.05, 0.1) is 18.5 Å². The summed E-state index contributed by atoms with van der Waals surface area (Å²) in [5, 5.41) is 0. The second-order valence-electron chi connectivity index (χ2n) is 5.90. The number of methoxy groups -OCH3 is 1. The highest BCUT2D eigenvalue weighted by molar-refractivity contribution is 5.79. The zero-order valence-electron chi connectivity index (χ0n) is 13.9. The minimum Gasteiger partial charge on any atom is -0.497 e. The highest BCUT2D eigenvalue weighted by atomic mass is 16.5. The summed E-state index contributed by atoms with van der Waals surface area (Å²) >= 11 is 0. The van der Waals surface area contributed by atoms with Crippen LogP contribution in [0.5, 0.6) is 5.75 Å². The Morgan fingerprint density at radius 1 is 0.955 bits per heavy atom. The summed E-state index contributed by atoms with van der Waals surface area (Å²) in [7, 11) is 10.2. The highest BCUT2D eigenvalue weighted by Gasteiger charge is 2.33. The van der Waals surface area contributed by atoms with E-state index in [9.17, 15) is 0 Å². The van der Waals surface area contributed by atoms with Crippen molar-refractivity contribution in [3.05, 3.63) is 48.0 Å². The molecule has 2 aromatic carbocycles. The first-order valence-electron chi connectivity index (χ1n) is 7.44. The van der Waals surface area contributed by atoms with Gasteiger partial charge < -0.3 is 19.4 Å². The smallest absolute Gasteiger partial charge is 0.130 e. The zero-order chi connectivity index (χ0) is 15.9. The van der Waals surface area contributed by atoms with Crippen molar-refractivity contribution in [3.8, 4) is 5.75 Å². The summed E-state index contributed by atoms with van der Waals surface area (Å²) in [6, 6.07) is 14.8. The molecule has 1 aliphatic rings. The molecule has 1 aliphatic heterocycles. The lowest BCUT2D eigenvalue weighted by atomic mass is 10.1. The second kappa shape index (κ2) is 5.44. The first-order chi connectivity index (χ1) is 10.5. The molecule has 4 heteroatoms. The Bertz CT molecular complexity index is 655. The van der Waals surface area contributed by atoms with E-state index < -0.39 is 0 Å². The van der Waals surface area contributed by atoms with Gasteiger partial charge in [0.2, 0.25) is 0 Å². The van der Waals surface area contributed by atoms with Gasteiger partial charge in [0.25, 0.3) is 0 Å². The largest absolute Gasteiger partial charge is 0.497 e. The van der Waals surface area contributed by atoms with E-state index >= 15 is 0 Å². The summed E-state index contributed by atoms with van der Waals surface area (Å²) in [4.78, 5) is 6.79. The van der Waals surface area contributed by atoms with Gasteiger partial charge >= 0.3 is 0 Å². The van der Waals surface area contributed by atoms with Crippen molar-refractivity contribution in [1.29, 1.82) is 0 Å². The molecule has 0 radical (unpaired) electrons. The number of ether oxygens (including phenoxy) is 1. The average molecular weight is 297 g/mol. The summed E-state index contributed by atoms with van der Waals surface area (Å²) in [5.74, 6) is 0.887. The number of anilines is 3. The molecular weight excluding hydrogens is 274 g/mol. The predicted molar refractivity (Wildman–Crippen MR) is 93.3 cm³/mol. The van der Waals surface area contributed by atoms with Crippen LogP contribution in [0.2, 0.25) is 0 Å². The molecule has 2 aromatic rings. The fourth-order valence-electron chi connectivity index (χ4n) is 3.27. The number of benzene rings is 2. The topological polar surface area (TPSA) is 19.0 Å². The van der Waals surface area contributed by atoms with E-state index in [1.807, 2.05) is 6.07 Å². The molecule has 1 heterocycles. The van der Waals surface area contributed by atoms with E-state index in [1.165, 1.54) is 22.6 Å². The predicted octanol–water partition coefficient (Wildman–Crippen LogP) is 3.35. The van der Waals surface area contributed by atoms with Gasteiger partial charge in [-0.25, -0.2) is 0 Å². The zero-order valence-corrected chi connectivity index (χ0v) is 13.9. The maximum absolute atomic E-state index is 5.44. The van der Waals surface area contributed by atoms with Gasteiger partial charge in [-0.15, -0.1) is 0 Å².